The highest BCUT2D eigenvalue weighted by Gasteiger charge is 2.20. The van der Waals surface area contributed by atoms with Crippen LogP contribution in [0.25, 0.3) is 10.4 Å². The Labute approximate surface area is 91.4 Å². The van der Waals surface area contributed by atoms with E-state index < -0.39 is 0 Å². The first kappa shape index (κ1) is 8.51. The molecule has 0 fully saturated rings. The van der Waals surface area contributed by atoms with E-state index in [4.69, 9.17) is 10.00 Å². The number of fused-ring (bicyclic) bond motifs is 3. The van der Waals surface area contributed by atoms with Crippen molar-refractivity contribution in [1.82, 2.24) is 0 Å². The molecule has 1 aliphatic heterocycles. The average molecular weight is 213 g/mol. The number of nitriles is 1. The first-order valence-corrected chi connectivity index (χ1v) is 5.51. The van der Waals surface area contributed by atoms with Crippen molar-refractivity contribution in [2.24, 2.45) is 0 Å². The smallest absolute Gasteiger partial charge is 0.146 e. The first-order chi connectivity index (χ1) is 7.40. The van der Waals surface area contributed by atoms with Crippen LogP contribution in [0.4, 0.5) is 0 Å². The minimum absolute atomic E-state index is 0.574. The Morgan fingerprint density at radius 3 is 3.13 bits per heavy atom. The Morgan fingerprint density at radius 1 is 1.33 bits per heavy atom. The standard InChI is InChI=1S/C12H7NOS/c13-6-8-2-1-3-10-11(8)14-7-9-4-5-15-12(9)10/h1-5H,7H2. The quantitative estimate of drug-likeness (QED) is 0.673. The predicted octanol–water partition coefficient (Wildman–Crippen LogP) is 3.18. The molecule has 72 valence electrons. The second-order valence-electron chi connectivity index (χ2n) is 3.36. The van der Waals surface area contributed by atoms with Crippen molar-refractivity contribution in [1.29, 1.82) is 5.26 Å². The molecule has 0 saturated heterocycles. The maximum Gasteiger partial charge on any atom is 0.146 e. The highest BCUT2D eigenvalue weighted by molar-refractivity contribution is 7.13. The molecule has 0 aliphatic carbocycles. The van der Waals surface area contributed by atoms with E-state index in [0.29, 0.717) is 12.2 Å². The second-order valence-corrected chi connectivity index (χ2v) is 4.27. The van der Waals surface area contributed by atoms with Crippen molar-refractivity contribution >= 4 is 11.3 Å². The minimum atomic E-state index is 0.574. The molecule has 2 aromatic rings. The Kier molecular flexibility index (Phi) is 1.77. The van der Waals surface area contributed by atoms with E-state index in [1.807, 2.05) is 12.1 Å². The molecule has 0 unspecified atom stereocenters. The third-order valence-electron chi connectivity index (χ3n) is 2.50. The summed E-state index contributed by atoms with van der Waals surface area (Å²) in [5.74, 6) is 0.731. The van der Waals surface area contributed by atoms with E-state index in [1.165, 1.54) is 10.4 Å². The number of ether oxygens (including phenoxy) is 1. The van der Waals surface area contributed by atoms with Crippen LogP contribution in [0.5, 0.6) is 5.75 Å². The van der Waals surface area contributed by atoms with Crippen LogP contribution in [-0.2, 0) is 6.61 Å². The molecule has 2 heterocycles. The summed E-state index contributed by atoms with van der Waals surface area (Å²) in [4.78, 5) is 1.23. The van der Waals surface area contributed by atoms with E-state index in [2.05, 4.69) is 17.5 Å². The molecule has 2 nitrogen and oxygen atoms in total. The molecular weight excluding hydrogens is 206 g/mol. The van der Waals surface area contributed by atoms with Gasteiger partial charge in [0.15, 0.2) is 0 Å². The number of hydrogen-bond acceptors (Lipinski definition) is 3. The van der Waals surface area contributed by atoms with Crippen LogP contribution < -0.4 is 4.74 Å². The SMILES string of the molecule is N#Cc1cccc2c1OCc1ccsc1-2. The van der Waals surface area contributed by atoms with Gasteiger partial charge in [-0.2, -0.15) is 5.26 Å². The normalized spacial score (nSPS) is 12.2. The molecule has 0 saturated carbocycles. The number of para-hydroxylation sites is 1. The lowest BCUT2D eigenvalue weighted by molar-refractivity contribution is 0.302. The summed E-state index contributed by atoms with van der Waals surface area (Å²) in [6.07, 6.45) is 0. The molecule has 0 spiro atoms. The molecule has 3 heteroatoms. The monoisotopic (exact) mass is 213 g/mol. The molecule has 1 aromatic carbocycles. The number of hydrogen-bond donors (Lipinski definition) is 0. The summed E-state index contributed by atoms with van der Waals surface area (Å²) in [5.41, 5.74) is 2.87. The zero-order valence-corrected chi connectivity index (χ0v) is 8.67. The van der Waals surface area contributed by atoms with Gasteiger partial charge in [-0.25, -0.2) is 0 Å². The number of benzene rings is 1. The lowest BCUT2D eigenvalue weighted by Gasteiger charge is -2.18. The van der Waals surface area contributed by atoms with Crippen molar-refractivity contribution in [3.8, 4) is 22.3 Å². The number of rotatable bonds is 0. The van der Waals surface area contributed by atoms with Gasteiger partial charge in [-0.3, -0.25) is 0 Å². The molecule has 0 bridgehead atoms. The fourth-order valence-electron chi connectivity index (χ4n) is 1.79. The van der Waals surface area contributed by atoms with Crippen LogP contribution >= 0.6 is 11.3 Å². The Balaban J connectivity index is 2.31. The zero-order chi connectivity index (χ0) is 10.3. The van der Waals surface area contributed by atoms with Gasteiger partial charge in [-0.15, -0.1) is 11.3 Å². The average Bonchev–Trinajstić information content (AvgIpc) is 2.76. The molecule has 1 aromatic heterocycles. The van der Waals surface area contributed by atoms with Crippen LogP contribution in [0.3, 0.4) is 0 Å². The van der Waals surface area contributed by atoms with Crippen molar-refractivity contribution < 1.29 is 4.74 Å². The summed E-state index contributed by atoms with van der Waals surface area (Å²) >= 11 is 1.70. The van der Waals surface area contributed by atoms with Gasteiger partial charge in [0.2, 0.25) is 0 Å². The van der Waals surface area contributed by atoms with Gasteiger partial charge in [0.1, 0.15) is 18.4 Å². The molecule has 0 atom stereocenters. The van der Waals surface area contributed by atoms with Gasteiger partial charge < -0.3 is 4.74 Å². The van der Waals surface area contributed by atoms with Gasteiger partial charge in [-0.05, 0) is 23.6 Å². The Bertz CT molecular complexity index is 565. The summed E-state index contributed by atoms with van der Waals surface area (Å²) < 4.78 is 5.61. The van der Waals surface area contributed by atoms with Crippen molar-refractivity contribution in [2.75, 3.05) is 0 Å². The van der Waals surface area contributed by atoms with Gasteiger partial charge in [0, 0.05) is 16.0 Å². The number of nitrogens with zero attached hydrogens (tertiary/aromatic N) is 1. The Hall–Kier alpha value is -1.79. The highest BCUT2D eigenvalue weighted by atomic mass is 32.1. The van der Waals surface area contributed by atoms with Crippen LogP contribution in [0, 0.1) is 11.3 Å². The van der Waals surface area contributed by atoms with E-state index in [9.17, 15) is 0 Å². The molecular formula is C12H7NOS. The molecule has 0 amide bonds. The summed E-state index contributed by atoms with van der Waals surface area (Å²) in [5, 5.41) is 11.0. The van der Waals surface area contributed by atoms with E-state index in [0.717, 1.165) is 11.3 Å². The minimum Gasteiger partial charge on any atom is -0.487 e. The van der Waals surface area contributed by atoms with E-state index in [-0.39, 0.29) is 0 Å². The lowest BCUT2D eigenvalue weighted by Crippen LogP contribution is -2.04. The van der Waals surface area contributed by atoms with E-state index in [1.54, 1.807) is 17.4 Å². The lowest BCUT2D eigenvalue weighted by atomic mass is 10.0. The fraction of sp³-hybridized carbons (Fsp3) is 0.0833. The molecule has 0 N–H and O–H groups in total. The van der Waals surface area contributed by atoms with Gasteiger partial charge >= 0.3 is 0 Å². The zero-order valence-electron chi connectivity index (χ0n) is 7.86. The highest BCUT2D eigenvalue weighted by Crippen LogP contribution is 2.42. The summed E-state index contributed by atoms with van der Waals surface area (Å²) in [7, 11) is 0. The third kappa shape index (κ3) is 1.15. The molecule has 1 aliphatic rings. The molecule has 15 heavy (non-hydrogen) atoms. The predicted molar refractivity (Wildman–Crippen MR) is 58.8 cm³/mol. The topological polar surface area (TPSA) is 33.0 Å². The van der Waals surface area contributed by atoms with Crippen LogP contribution in [0.1, 0.15) is 11.1 Å². The van der Waals surface area contributed by atoms with Gasteiger partial charge in [-0.1, -0.05) is 6.07 Å². The largest absolute Gasteiger partial charge is 0.487 e. The van der Waals surface area contributed by atoms with Crippen LogP contribution in [-0.4, -0.2) is 0 Å². The van der Waals surface area contributed by atoms with Crippen LogP contribution in [0.15, 0.2) is 29.6 Å². The second kappa shape index (κ2) is 3.11. The van der Waals surface area contributed by atoms with E-state index >= 15 is 0 Å². The maximum atomic E-state index is 8.97. The van der Waals surface area contributed by atoms with Crippen molar-refractivity contribution in [2.45, 2.75) is 6.61 Å². The summed E-state index contributed by atoms with van der Waals surface area (Å²) in [6, 6.07) is 9.92. The molecule has 0 radical (unpaired) electrons. The fourth-order valence-corrected chi connectivity index (χ4v) is 2.73. The third-order valence-corrected chi connectivity index (χ3v) is 3.49. The van der Waals surface area contributed by atoms with Crippen molar-refractivity contribution in [3.63, 3.8) is 0 Å². The van der Waals surface area contributed by atoms with Crippen molar-refractivity contribution in [3.05, 3.63) is 40.8 Å². The summed E-state index contributed by atoms with van der Waals surface area (Å²) in [6.45, 7) is 0.574. The maximum absolute atomic E-state index is 8.97. The van der Waals surface area contributed by atoms with Crippen LogP contribution in [0.2, 0.25) is 0 Å². The van der Waals surface area contributed by atoms with Gasteiger partial charge in [0.05, 0.1) is 5.56 Å². The molecule has 3 rings (SSSR count). The number of thiophene rings is 1. The first-order valence-electron chi connectivity index (χ1n) is 4.63. The van der Waals surface area contributed by atoms with Gasteiger partial charge in [0.25, 0.3) is 0 Å². The Morgan fingerprint density at radius 2 is 2.27 bits per heavy atom.